The normalized spacial score (nSPS) is 10.1. The molecule has 6 heteroatoms. The molecule has 6 nitrogen and oxygen atoms in total. The lowest BCUT2D eigenvalue weighted by atomic mass is 10.1. The van der Waals surface area contributed by atoms with E-state index in [0.29, 0.717) is 5.75 Å². The lowest BCUT2D eigenvalue weighted by molar-refractivity contribution is -0.385. The van der Waals surface area contributed by atoms with Crippen molar-refractivity contribution in [1.29, 1.82) is 0 Å². The molecule has 0 aliphatic heterocycles. The molecule has 2 aromatic rings. The Balaban J connectivity index is 2.39. The topological polar surface area (TPSA) is 89.7 Å². The number of carboxylic acid groups (broad SMARTS) is 1. The van der Waals surface area contributed by atoms with Crippen molar-refractivity contribution in [2.75, 3.05) is 0 Å². The second-order valence-electron chi connectivity index (χ2n) is 4.30. The van der Waals surface area contributed by atoms with E-state index in [2.05, 4.69) is 0 Å². The smallest absolute Gasteiger partial charge is 0.342 e. The molecule has 0 aromatic heterocycles. The highest BCUT2D eigenvalue weighted by Crippen LogP contribution is 2.29. The zero-order valence-electron chi connectivity index (χ0n) is 11.3. The molecule has 2 rings (SSSR count). The molecule has 0 bridgehead atoms. The highest BCUT2D eigenvalue weighted by atomic mass is 16.6. The van der Waals surface area contributed by atoms with Crippen LogP contribution in [0.1, 0.15) is 22.8 Å². The summed E-state index contributed by atoms with van der Waals surface area (Å²) in [7, 11) is 0. The maximum atomic E-state index is 11.1. The minimum absolute atomic E-state index is 0.249. The Kier molecular flexibility index (Phi) is 4.18. The van der Waals surface area contributed by atoms with Crippen molar-refractivity contribution in [1.82, 2.24) is 0 Å². The summed E-state index contributed by atoms with van der Waals surface area (Å²) >= 11 is 0. The Morgan fingerprint density at radius 3 is 2.62 bits per heavy atom. The predicted octanol–water partition coefficient (Wildman–Crippen LogP) is 3.65. The van der Waals surface area contributed by atoms with Gasteiger partial charge in [-0.3, -0.25) is 10.1 Å². The van der Waals surface area contributed by atoms with Crippen LogP contribution < -0.4 is 4.74 Å². The summed E-state index contributed by atoms with van der Waals surface area (Å²) in [5, 5.41) is 19.8. The summed E-state index contributed by atoms with van der Waals surface area (Å²) in [6.45, 7) is 1.97. The second-order valence-corrected chi connectivity index (χ2v) is 4.30. The predicted molar refractivity (Wildman–Crippen MR) is 75.9 cm³/mol. The first-order valence-electron chi connectivity index (χ1n) is 6.30. The number of carbonyl (C=O) groups is 1. The number of nitrogens with zero attached hydrogens (tertiary/aromatic N) is 1. The number of para-hydroxylation sites is 1. The standard InChI is InChI=1S/C15H13NO5/c1-2-10-5-3-4-6-14(10)21-11-7-8-13(16(19)20)12(9-11)15(17)18/h3-9H,2H2,1H3,(H,17,18). The molecule has 0 heterocycles. The number of aryl methyl sites for hydroxylation is 1. The second kappa shape index (κ2) is 6.04. The molecule has 0 fully saturated rings. The monoisotopic (exact) mass is 287 g/mol. The molecule has 0 saturated heterocycles. The summed E-state index contributed by atoms with van der Waals surface area (Å²) in [4.78, 5) is 21.2. The van der Waals surface area contributed by atoms with Gasteiger partial charge in [-0.05, 0) is 24.1 Å². The third-order valence-corrected chi connectivity index (χ3v) is 2.98. The maximum absolute atomic E-state index is 11.1. The fraction of sp³-hybridized carbons (Fsp3) is 0.133. The summed E-state index contributed by atoms with van der Waals surface area (Å²) in [6.07, 6.45) is 0.759. The molecule has 0 spiro atoms. The first-order valence-corrected chi connectivity index (χ1v) is 6.30. The largest absolute Gasteiger partial charge is 0.477 e. The Hall–Kier alpha value is -2.89. The fourth-order valence-electron chi connectivity index (χ4n) is 1.93. The van der Waals surface area contributed by atoms with Gasteiger partial charge in [0.15, 0.2) is 0 Å². The maximum Gasteiger partial charge on any atom is 0.342 e. The molecule has 0 saturated carbocycles. The molecular weight excluding hydrogens is 274 g/mol. The highest BCUT2D eigenvalue weighted by Gasteiger charge is 2.20. The van der Waals surface area contributed by atoms with Crippen molar-refractivity contribution >= 4 is 11.7 Å². The Morgan fingerprint density at radius 1 is 1.29 bits per heavy atom. The van der Waals surface area contributed by atoms with E-state index in [1.54, 1.807) is 12.1 Å². The zero-order chi connectivity index (χ0) is 15.4. The van der Waals surface area contributed by atoms with E-state index in [9.17, 15) is 14.9 Å². The summed E-state index contributed by atoms with van der Waals surface area (Å²) in [6, 6.07) is 11.0. The molecule has 108 valence electrons. The van der Waals surface area contributed by atoms with Gasteiger partial charge in [0.2, 0.25) is 0 Å². The van der Waals surface area contributed by atoms with Crippen LogP contribution >= 0.6 is 0 Å². The van der Waals surface area contributed by atoms with Crippen LogP contribution in [0.4, 0.5) is 5.69 Å². The van der Waals surface area contributed by atoms with Crippen LogP contribution in [-0.4, -0.2) is 16.0 Å². The lowest BCUT2D eigenvalue weighted by Gasteiger charge is -2.10. The molecule has 0 aliphatic carbocycles. The van der Waals surface area contributed by atoms with Crippen LogP contribution in [0.15, 0.2) is 42.5 Å². The SMILES string of the molecule is CCc1ccccc1Oc1ccc([N+](=O)[O-])c(C(=O)O)c1. The van der Waals surface area contributed by atoms with Crippen LogP contribution in [0.5, 0.6) is 11.5 Å². The summed E-state index contributed by atoms with van der Waals surface area (Å²) in [5.74, 6) is -0.514. The number of ether oxygens (including phenoxy) is 1. The van der Waals surface area contributed by atoms with Gasteiger partial charge in [-0.15, -0.1) is 0 Å². The molecular formula is C15H13NO5. The van der Waals surface area contributed by atoms with E-state index in [0.717, 1.165) is 24.1 Å². The van der Waals surface area contributed by atoms with Gasteiger partial charge in [0.1, 0.15) is 17.1 Å². The average Bonchev–Trinajstić information content (AvgIpc) is 2.47. The van der Waals surface area contributed by atoms with Gasteiger partial charge >= 0.3 is 5.97 Å². The van der Waals surface area contributed by atoms with E-state index in [1.165, 1.54) is 6.07 Å². The number of nitro groups is 1. The molecule has 0 amide bonds. The van der Waals surface area contributed by atoms with Crippen LogP contribution in [0, 0.1) is 10.1 Å². The van der Waals surface area contributed by atoms with E-state index in [-0.39, 0.29) is 5.75 Å². The van der Waals surface area contributed by atoms with Crippen LogP contribution in [0.25, 0.3) is 0 Å². The minimum atomic E-state index is -1.36. The molecule has 0 unspecified atom stereocenters. The number of carboxylic acids is 1. The first-order chi connectivity index (χ1) is 10.0. The van der Waals surface area contributed by atoms with Crippen molar-refractivity contribution in [3.8, 4) is 11.5 Å². The molecule has 2 aromatic carbocycles. The van der Waals surface area contributed by atoms with Crippen molar-refractivity contribution in [2.24, 2.45) is 0 Å². The quantitative estimate of drug-likeness (QED) is 0.669. The van der Waals surface area contributed by atoms with Crippen molar-refractivity contribution in [2.45, 2.75) is 13.3 Å². The lowest BCUT2D eigenvalue weighted by Crippen LogP contribution is -2.03. The van der Waals surface area contributed by atoms with E-state index in [4.69, 9.17) is 9.84 Å². The van der Waals surface area contributed by atoms with Crippen molar-refractivity contribution in [3.63, 3.8) is 0 Å². The van der Waals surface area contributed by atoms with Gasteiger partial charge in [-0.2, -0.15) is 0 Å². The van der Waals surface area contributed by atoms with Crippen molar-refractivity contribution in [3.05, 3.63) is 63.7 Å². The molecule has 1 N–H and O–H groups in total. The highest BCUT2D eigenvalue weighted by molar-refractivity contribution is 5.92. The Morgan fingerprint density at radius 2 is 2.00 bits per heavy atom. The number of hydrogen-bond donors (Lipinski definition) is 1. The Labute approximate surface area is 120 Å². The average molecular weight is 287 g/mol. The summed E-state index contributed by atoms with van der Waals surface area (Å²) in [5.41, 5.74) is 0.109. The molecule has 0 aliphatic rings. The van der Waals surface area contributed by atoms with Gasteiger partial charge in [-0.1, -0.05) is 25.1 Å². The number of benzene rings is 2. The van der Waals surface area contributed by atoms with Crippen LogP contribution in [0.3, 0.4) is 0 Å². The third-order valence-electron chi connectivity index (χ3n) is 2.98. The number of aromatic carboxylic acids is 1. The Bertz CT molecular complexity index is 696. The van der Waals surface area contributed by atoms with E-state index in [1.807, 2.05) is 19.1 Å². The van der Waals surface area contributed by atoms with E-state index < -0.39 is 22.1 Å². The van der Waals surface area contributed by atoms with Gasteiger partial charge in [0.25, 0.3) is 5.69 Å². The molecule has 21 heavy (non-hydrogen) atoms. The first kappa shape index (κ1) is 14.5. The fourth-order valence-corrected chi connectivity index (χ4v) is 1.93. The van der Waals surface area contributed by atoms with E-state index >= 15 is 0 Å². The number of hydrogen-bond acceptors (Lipinski definition) is 4. The van der Waals surface area contributed by atoms with Gasteiger partial charge < -0.3 is 9.84 Å². The summed E-state index contributed by atoms with van der Waals surface area (Å²) < 4.78 is 5.64. The zero-order valence-corrected chi connectivity index (χ0v) is 11.3. The van der Waals surface area contributed by atoms with Crippen molar-refractivity contribution < 1.29 is 19.6 Å². The third kappa shape index (κ3) is 3.17. The minimum Gasteiger partial charge on any atom is -0.477 e. The van der Waals surface area contributed by atoms with Gasteiger partial charge in [-0.25, -0.2) is 4.79 Å². The number of nitro benzene ring substituents is 1. The van der Waals surface area contributed by atoms with Crippen LogP contribution in [-0.2, 0) is 6.42 Å². The van der Waals surface area contributed by atoms with Crippen LogP contribution in [0.2, 0.25) is 0 Å². The number of rotatable bonds is 5. The van der Waals surface area contributed by atoms with Gasteiger partial charge in [0, 0.05) is 12.1 Å². The molecule has 0 radical (unpaired) electrons. The molecule has 0 atom stereocenters. The van der Waals surface area contributed by atoms with Gasteiger partial charge in [0.05, 0.1) is 4.92 Å².